The van der Waals surface area contributed by atoms with Crippen LogP contribution in [0.1, 0.15) is 32.1 Å². The number of carbonyl (C=O) groups excluding carboxylic acids is 4. The lowest BCUT2D eigenvalue weighted by Crippen LogP contribution is -2.49. The highest BCUT2D eigenvalue weighted by Crippen LogP contribution is 2.30. The summed E-state index contributed by atoms with van der Waals surface area (Å²) < 4.78 is 66.3. The normalized spacial score (nSPS) is 15.5. The average molecular weight is 907 g/mol. The summed E-state index contributed by atoms with van der Waals surface area (Å²) in [7, 11) is 3.09. The first-order chi connectivity index (χ1) is 29.4. The number of carbonyl (C=O) groups is 4. The second kappa shape index (κ2) is 19.8. The molecule has 0 spiro atoms. The summed E-state index contributed by atoms with van der Waals surface area (Å²) in [5.74, 6) is -3.46. The van der Waals surface area contributed by atoms with Crippen LogP contribution in [-0.4, -0.2) is 88.0 Å². The number of rotatable bonds is 7. The van der Waals surface area contributed by atoms with Crippen molar-refractivity contribution in [2.24, 2.45) is 0 Å². The van der Waals surface area contributed by atoms with Gasteiger partial charge in [0.2, 0.25) is 0 Å². The Hall–Kier alpha value is -7.09. The van der Waals surface area contributed by atoms with Crippen LogP contribution in [0.5, 0.6) is 11.5 Å². The number of hydrogen-bond donors (Lipinski definition) is 3. The summed E-state index contributed by atoms with van der Waals surface area (Å²) in [6.45, 7) is -0.237. The molecule has 2 atom stereocenters. The second-order valence-electron chi connectivity index (χ2n) is 13.2. The number of H-pyrrole nitrogens is 1. The lowest BCUT2D eigenvalue weighted by atomic mass is 10.2. The number of amides is 4. The molecular formula is C41H36BrF4N9O6. The largest absolute Gasteiger partial charge is 0.489 e. The Morgan fingerprint density at radius 2 is 1.34 bits per heavy atom. The van der Waals surface area contributed by atoms with Gasteiger partial charge in [0.25, 0.3) is 23.6 Å². The first-order valence-electron chi connectivity index (χ1n) is 18.3. The number of anilines is 2. The van der Waals surface area contributed by atoms with Gasteiger partial charge in [-0.15, -0.1) is 0 Å². The molecule has 15 nitrogen and oxygen atoms in total. The Bertz CT molecular complexity index is 2540. The number of nitrogens with one attached hydrogen (secondary N) is 3. The van der Waals surface area contributed by atoms with Crippen LogP contribution >= 0.6 is 15.9 Å². The average Bonchev–Trinajstić information content (AvgIpc) is 3.82. The second-order valence-corrected chi connectivity index (χ2v) is 13.8. The van der Waals surface area contributed by atoms with Crippen molar-refractivity contribution in [2.75, 3.05) is 37.1 Å². The molecule has 3 N–H and O–H groups in total. The summed E-state index contributed by atoms with van der Waals surface area (Å²) in [4.78, 5) is 56.4. The highest BCUT2D eigenvalue weighted by Gasteiger charge is 2.33. The Morgan fingerprint density at radius 3 is 1.98 bits per heavy atom. The maximum absolute atomic E-state index is 14.3. The zero-order valence-corrected chi connectivity index (χ0v) is 33.9. The van der Waals surface area contributed by atoms with Crippen LogP contribution in [0.3, 0.4) is 0 Å². The number of aromatic amines is 1. The maximum atomic E-state index is 14.3. The molecule has 3 aromatic carbocycles. The van der Waals surface area contributed by atoms with Crippen LogP contribution in [0.2, 0.25) is 0 Å². The molecule has 0 bridgehead atoms. The molecule has 0 unspecified atom stereocenters. The van der Waals surface area contributed by atoms with Gasteiger partial charge in [-0.25, -0.2) is 22.5 Å². The standard InChI is InChI=1S/C20H17F2N5O3.C14H13FN4O3.C7H6BrF/c1-26-18-16(7-4-8-23-18)30-11-15(20(26)29)24-19(28)17-14(22)10-27(25-17)9-12-5-2-3-6-13(12)21;1-19-10-4-2-3-5-11(10)22-7-9(14(19)21)17-13(20)12-8(15)6-16-18-12;8-5-6-3-1-2-4-7(6)9/h2-8,10,15H,9,11H2,1H3,(H,24,28);2-6,9H,7H2,1H3,(H,16,18)(H,17,20);1-4H,5H2/t15-;9-;/m00./s1. The van der Waals surface area contributed by atoms with Crippen LogP contribution in [0.15, 0.2) is 104 Å². The van der Waals surface area contributed by atoms with E-state index in [0.717, 1.165) is 17.1 Å². The quantitative estimate of drug-likeness (QED) is 0.144. The minimum atomic E-state index is -1.06. The van der Waals surface area contributed by atoms with Gasteiger partial charge >= 0.3 is 0 Å². The SMILES string of the molecule is CN1C(=O)[C@@H](NC(=O)c2[nH]ncc2F)COc2ccccc21.CN1C(=O)[C@@H](NC(=O)c2nn(Cc3ccccc3F)cc2F)COc2cccnc21.Fc1ccccc1CBr. The topological polar surface area (TPSA) is 177 Å². The molecule has 0 aliphatic carbocycles. The van der Waals surface area contributed by atoms with Gasteiger partial charge in [-0.05, 0) is 42.0 Å². The molecule has 4 amide bonds. The van der Waals surface area contributed by atoms with E-state index in [1.54, 1.807) is 61.6 Å². The molecular weight excluding hydrogens is 870 g/mol. The number of alkyl halides is 1. The fourth-order valence-corrected chi connectivity index (χ4v) is 6.37. The molecule has 8 rings (SSSR count). The summed E-state index contributed by atoms with van der Waals surface area (Å²) in [5, 5.41) is 15.1. The van der Waals surface area contributed by atoms with E-state index in [1.807, 2.05) is 6.07 Å². The number of aromatic nitrogens is 5. The van der Waals surface area contributed by atoms with E-state index >= 15 is 0 Å². The lowest BCUT2D eigenvalue weighted by molar-refractivity contribution is -0.121. The van der Waals surface area contributed by atoms with Crippen molar-refractivity contribution in [2.45, 2.75) is 24.0 Å². The van der Waals surface area contributed by atoms with Crippen molar-refractivity contribution in [3.05, 3.63) is 149 Å². The first kappa shape index (κ1) is 43.5. The highest BCUT2D eigenvalue weighted by atomic mass is 79.9. The summed E-state index contributed by atoms with van der Waals surface area (Å²) in [6, 6.07) is 21.1. The summed E-state index contributed by atoms with van der Waals surface area (Å²) >= 11 is 3.17. The minimum absolute atomic E-state index is 0.0400. The van der Waals surface area contributed by atoms with E-state index in [-0.39, 0.29) is 37.2 Å². The number of fused-ring (bicyclic) bond motifs is 2. The molecule has 0 saturated carbocycles. The van der Waals surface area contributed by atoms with E-state index in [0.29, 0.717) is 39.5 Å². The number of benzene rings is 3. The fourth-order valence-electron chi connectivity index (χ4n) is 5.92. The van der Waals surface area contributed by atoms with Crippen molar-refractivity contribution in [1.82, 2.24) is 35.6 Å². The van der Waals surface area contributed by atoms with Crippen molar-refractivity contribution >= 4 is 51.1 Å². The van der Waals surface area contributed by atoms with Gasteiger partial charge in [-0.1, -0.05) is 64.5 Å². The van der Waals surface area contributed by atoms with Crippen LogP contribution in [0, 0.1) is 23.3 Å². The third-order valence-corrected chi connectivity index (χ3v) is 9.72. The van der Waals surface area contributed by atoms with Gasteiger partial charge in [0.05, 0.1) is 24.6 Å². The summed E-state index contributed by atoms with van der Waals surface area (Å²) in [6.07, 6.45) is 3.41. The Labute approximate surface area is 353 Å². The number of likely N-dealkylation sites (N-methyl/N-ethyl adjacent to an activating group) is 2. The van der Waals surface area contributed by atoms with Gasteiger partial charge in [-0.3, -0.25) is 33.9 Å². The van der Waals surface area contributed by atoms with Gasteiger partial charge in [0.15, 0.2) is 34.6 Å². The zero-order chi connectivity index (χ0) is 43.6. The molecule has 316 valence electrons. The predicted octanol–water partition coefficient (Wildman–Crippen LogP) is 5.18. The van der Waals surface area contributed by atoms with Crippen molar-refractivity contribution in [1.29, 1.82) is 0 Å². The molecule has 2 aliphatic rings. The molecule has 61 heavy (non-hydrogen) atoms. The molecule has 0 fully saturated rings. The van der Waals surface area contributed by atoms with E-state index in [4.69, 9.17) is 9.47 Å². The van der Waals surface area contributed by atoms with Crippen molar-refractivity contribution in [3.8, 4) is 11.5 Å². The van der Waals surface area contributed by atoms with Gasteiger partial charge < -0.3 is 25.0 Å². The number of ether oxygens (including phenoxy) is 2. The van der Waals surface area contributed by atoms with Gasteiger partial charge in [-0.2, -0.15) is 10.2 Å². The van der Waals surface area contributed by atoms with Crippen LogP contribution in [0.25, 0.3) is 0 Å². The van der Waals surface area contributed by atoms with Crippen molar-refractivity contribution in [3.63, 3.8) is 0 Å². The number of pyridine rings is 1. The van der Waals surface area contributed by atoms with Crippen LogP contribution in [0.4, 0.5) is 29.1 Å². The summed E-state index contributed by atoms with van der Waals surface area (Å²) in [5.41, 5.74) is 0.791. The lowest BCUT2D eigenvalue weighted by Gasteiger charge is -2.20. The Balaban J connectivity index is 0.000000175. The Kier molecular flexibility index (Phi) is 14.1. The van der Waals surface area contributed by atoms with E-state index in [1.165, 1.54) is 47.3 Å². The molecule has 20 heteroatoms. The van der Waals surface area contributed by atoms with E-state index < -0.39 is 53.0 Å². The maximum Gasteiger partial charge on any atom is 0.275 e. The Morgan fingerprint density at radius 1 is 0.754 bits per heavy atom. The van der Waals surface area contributed by atoms with E-state index in [2.05, 4.69) is 46.8 Å². The van der Waals surface area contributed by atoms with Gasteiger partial charge in [0.1, 0.15) is 42.7 Å². The van der Waals surface area contributed by atoms with Crippen LogP contribution < -0.4 is 29.9 Å². The molecule has 3 aromatic heterocycles. The monoisotopic (exact) mass is 905 g/mol. The number of para-hydroxylation sites is 2. The van der Waals surface area contributed by atoms with Crippen LogP contribution in [-0.2, 0) is 21.5 Å². The molecule has 0 radical (unpaired) electrons. The predicted molar refractivity (Wildman–Crippen MR) is 216 cm³/mol. The smallest absolute Gasteiger partial charge is 0.275 e. The van der Waals surface area contributed by atoms with Gasteiger partial charge in [0, 0.05) is 31.2 Å². The highest BCUT2D eigenvalue weighted by molar-refractivity contribution is 9.08. The third kappa shape index (κ3) is 10.4. The third-order valence-electron chi connectivity index (χ3n) is 9.12. The molecule has 6 aromatic rings. The minimum Gasteiger partial charge on any atom is -0.489 e. The zero-order valence-electron chi connectivity index (χ0n) is 32.3. The molecule has 2 aliphatic heterocycles. The van der Waals surface area contributed by atoms with Crippen molar-refractivity contribution < 1.29 is 46.2 Å². The molecule has 0 saturated heterocycles. The first-order valence-corrected chi connectivity index (χ1v) is 19.4. The van der Waals surface area contributed by atoms with E-state index in [9.17, 15) is 36.7 Å². The number of halogens is 5. The number of nitrogens with zero attached hydrogens (tertiary/aromatic N) is 6. The molecule has 5 heterocycles. The fraction of sp³-hybridized carbons (Fsp3) is 0.195. The number of hydrogen-bond acceptors (Lipinski definition) is 9.